The largest absolute Gasteiger partial charge is 0.381 e. The van der Waals surface area contributed by atoms with E-state index < -0.39 is 0 Å². The van der Waals surface area contributed by atoms with Crippen LogP contribution in [0.5, 0.6) is 0 Å². The van der Waals surface area contributed by atoms with E-state index in [0.29, 0.717) is 6.61 Å². The Morgan fingerprint density at radius 3 is 2.53 bits per heavy atom. The Kier molecular flexibility index (Phi) is 5.20. The Balaban J connectivity index is 1.91. The van der Waals surface area contributed by atoms with Crippen LogP contribution in [-0.2, 0) is 11.3 Å². The molecule has 0 amide bonds. The highest BCUT2D eigenvalue weighted by atomic mass is 16.5. The maximum atomic E-state index is 5.19. The fourth-order valence-corrected chi connectivity index (χ4v) is 1.90. The van der Waals surface area contributed by atoms with Gasteiger partial charge in [0.15, 0.2) is 0 Å². The second kappa shape index (κ2) is 7.39. The van der Waals surface area contributed by atoms with E-state index in [1.807, 2.05) is 30.3 Å². The van der Waals surface area contributed by atoms with Crippen LogP contribution in [0.3, 0.4) is 0 Å². The summed E-state index contributed by atoms with van der Waals surface area (Å²) in [7, 11) is 1.71. The van der Waals surface area contributed by atoms with Crippen molar-refractivity contribution in [2.75, 3.05) is 19.0 Å². The predicted octanol–water partition coefficient (Wildman–Crippen LogP) is 3.96. The third-order valence-corrected chi connectivity index (χ3v) is 2.84. The van der Waals surface area contributed by atoms with Crippen molar-refractivity contribution in [1.29, 1.82) is 0 Å². The Labute approximate surface area is 114 Å². The minimum atomic E-state index is 0.631. The van der Waals surface area contributed by atoms with E-state index in [2.05, 4.69) is 41.7 Å². The fraction of sp³-hybridized carbons (Fsp3) is 0.176. The highest BCUT2D eigenvalue weighted by Gasteiger charge is 1.98. The molecule has 0 aliphatic carbocycles. The van der Waals surface area contributed by atoms with Gasteiger partial charge in [-0.1, -0.05) is 60.7 Å². The van der Waals surface area contributed by atoms with Crippen LogP contribution in [0.15, 0.2) is 60.7 Å². The van der Waals surface area contributed by atoms with E-state index in [9.17, 15) is 0 Å². The predicted molar refractivity (Wildman–Crippen MR) is 81.1 cm³/mol. The van der Waals surface area contributed by atoms with E-state index in [1.54, 1.807) is 7.11 Å². The number of methoxy groups -OCH3 is 1. The second-order valence-corrected chi connectivity index (χ2v) is 4.28. The fourth-order valence-electron chi connectivity index (χ4n) is 1.90. The van der Waals surface area contributed by atoms with Gasteiger partial charge in [0.05, 0.1) is 6.61 Å². The zero-order chi connectivity index (χ0) is 13.3. The zero-order valence-electron chi connectivity index (χ0n) is 11.2. The monoisotopic (exact) mass is 253 g/mol. The molecule has 1 N–H and O–H groups in total. The van der Waals surface area contributed by atoms with E-state index >= 15 is 0 Å². The summed E-state index contributed by atoms with van der Waals surface area (Å²) in [5, 5.41) is 3.40. The van der Waals surface area contributed by atoms with Crippen LogP contribution in [0.4, 0.5) is 5.69 Å². The molecule has 2 rings (SSSR count). The SMILES string of the molecule is COCc1ccccc1NCC=Cc1ccccc1. The summed E-state index contributed by atoms with van der Waals surface area (Å²) in [6.07, 6.45) is 4.24. The van der Waals surface area contributed by atoms with Gasteiger partial charge < -0.3 is 10.1 Å². The lowest BCUT2D eigenvalue weighted by Gasteiger charge is -2.09. The summed E-state index contributed by atoms with van der Waals surface area (Å²) in [6.45, 7) is 1.43. The topological polar surface area (TPSA) is 21.3 Å². The number of ether oxygens (including phenoxy) is 1. The lowest BCUT2D eigenvalue weighted by Crippen LogP contribution is -2.02. The first-order valence-electron chi connectivity index (χ1n) is 6.42. The normalized spacial score (nSPS) is 10.8. The Morgan fingerprint density at radius 1 is 1.00 bits per heavy atom. The molecule has 2 aromatic carbocycles. The molecule has 0 aliphatic rings. The molecule has 2 nitrogen and oxygen atoms in total. The molecule has 0 bridgehead atoms. The lowest BCUT2D eigenvalue weighted by atomic mass is 10.2. The molecule has 0 fully saturated rings. The molecule has 2 heteroatoms. The van der Waals surface area contributed by atoms with Crippen LogP contribution in [0.2, 0.25) is 0 Å². The summed E-state index contributed by atoms with van der Waals surface area (Å²) in [4.78, 5) is 0. The van der Waals surface area contributed by atoms with Gasteiger partial charge in [0.2, 0.25) is 0 Å². The van der Waals surface area contributed by atoms with E-state index in [4.69, 9.17) is 4.74 Å². The van der Waals surface area contributed by atoms with E-state index in [0.717, 1.165) is 12.2 Å². The van der Waals surface area contributed by atoms with Gasteiger partial charge in [-0.3, -0.25) is 0 Å². The molecule has 98 valence electrons. The molecular weight excluding hydrogens is 234 g/mol. The van der Waals surface area contributed by atoms with Crippen molar-refractivity contribution in [3.63, 3.8) is 0 Å². The van der Waals surface area contributed by atoms with Gasteiger partial charge in [-0.2, -0.15) is 0 Å². The third kappa shape index (κ3) is 4.27. The van der Waals surface area contributed by atoms with Crippen molar-refractivity contribution in [2.45, 2.75) is 6.61 Å². The molecule has 0 aliphatic heterocycles. The molecule has 0 spiro atoms. The molecule has 0 saturated heterocycles. The minimum absolute atomic E-state index is 0.631. The molecule has 0 radical (unpaired) electrons. The highest BCUT2D eigenvalue weighted by Crippen LogP contribution is 2.15. The molecule has 19 heavy (non-hydrogen) atoms. The van der Waals surface area contributed by atoms with Crippen molar-refractivity contribution >= 4 is 11.8 Å². The standard InChI is InChI=1S/C17H19NO/c1-19-14-16-11-5-6-12-17(16)18-13-7-10-15-8-3-2-4-9-15/h2-12,18H,13-14H2,1H3. The van der Waals surface area contributed by atoms with Crippen molar-refractivity contribution in [3.05, 3.63) is 71.8 Å². The molecule has 0 aromatic heterocycles. The van der Waals surface area contributed by atoms with Gasteiger partial charge >= 0.3 is 0 Å². The van der Waals surface area contributed by atoms with Gasteiger partial charge in [-0.05, 0) is 11.6 Å². The lowest BCUT2D eigenvalue weighted by molar-refractivity contribution is 0.185. The number of para-hydroxylation sites is 1. The third-order valence-electron chi connectivity index (χ3n) is 2.84. The van der Waals surface area contributed by atoms with Crippen LogP contribution in [-0.4, -0.2) is 13.7 Å². The number of rotatable bonds is 6. The van der Waals surface area contributed by atoms with Gasteiger partial charge in [0.25, 0.3) is 0 Å². The van der Waals surface area contributed by atoms with Crippen LogP contribution in [0.1, 0.15) is 11.1 Å². The van der Waals surface area contributed by atoms with E-state index in [-0.39, 0.29) is 0 Å². The Bertz CT molecular complexity index is 520. The summed E-state index contributed by atoms with van der Waals surface area (Å²) in [5.74, 6) is 0. The number of anilines is 1. The van der Waals surface area contributed by atoms with Crippen LogP contribution >= 0.6 is 0 Å². The summed E-state index contributed by atoms with van der Waals surface area (Å²) in [6, 6.07) is 18.5. The minimum Gasteiger partial charge on any atom is -0.381 e. The van der Waals surface area contributed by atoms with Crippen molar-refractivity contribution in [2.24, 2.45) is 0 Å². The highest BCUT2D eigenvalue weighted by molar-refractivity contribution is 5.53. The average Bonchev–Trinajstić information content (AvgIpc) is 2.47. The summed E-state index contributed by atoms with van der Waals surface area (Å²) >= 11 is 0. The molecule has 2 aromatic rings. The average molecular weight is 253 g/mol. The number of hydrogen-bond donors (Lipinski definition) is 1. The van der Waals surface area contributed by atoms with Gasteiger partial charge in [-0.15, -0.1) is 0 Å². The quantitative estimate of drug-likeness (QED) is 0.841. The maximum absolute atomic E-state index is 5.19. The Hall–Kier alpha value is -2.06. The maximum Gasteiger partial charge on any atom is 0.0733 e. The van der Waals surface area contributed by atoms with Gasteiger partial charge in [0.1, 0.15) is 0 Å². The van der Waals surface area contributed by atoms with Gasteiger partial charge in [-0.25, -0.2) is 0 Å². The molecular formula is C17H19NO. The van der Waals surface area contributed by atoms with Gasteiger partial charge in [0, 0.05) is 24.9 Å². The number of benzene rings is 2. The van der Waals surface area contributed by atoms with Crippen LogP contribution in [0.25, 0.3) is 6.08 Å². The van der Waals surface area contributed by atoms with Crippen molar-refractivity contribution in [3.8, 4) is 0 Å². The molecule has 0 heterocycles. The molecule has 0 saturated carbocycles. The first-order valence-corrected chi connectivity index (χ1v) is 6.42. The zero-order valence-corrected chi connectivity index (χ0v) is 11.2. The first kappa shape index (κ1) is 13.4. The molecule has 0 unspecified atom stereocenters. The Morgan fingerprint density at radius 2 is 1.74 bits per heavy atom. The first-order chi connectivity index (χ1) is 9.40. The summed E-state index contributed by atoms with van der Waals surface area (Å²) < 4.78 is 5.19. The van der Waals surface area contributed by atoms with Crippen molar-refractivity contribution < 1.29 is 4.74 Å². The van der Waals surface area contributed by atoms with Crippen LogP contribution in [0, 0.1) is 0 Å². The molecule has 0 atom stereocenters. The smallest absolute Gasteiger partial charge is 0.0733 e. The van der Waals surface area contributed by atoms with Crippen molar-refractivity contribution in [1.82, 2.24) is 0 Å². The van der Waals surface area contributed by atoms with Crippen LogP contribution < -0.4 is 5.32 Å². The second-order valence-electron chi connectivity index (χ2n) is 4.28. The van der Waals surface area contributed by atoms with E-state index in [1.165, 1.54) is 11.1 Å². The number of nitrogens with one attached hydrogen (secondary N) is 1. The number of hydrogen-bond acceptors (Lipinski definition) is 2. The summed E-state index contributed by atoms with van der Waals surface area (Å²) in [5.41, 5.74) is 3.52.